The molecule has 0 saturated carbocycles. The van der Waals surface area contributed by atoms with E-state index in [0.717, 1.165) is 40.8 Å². The first-order chi connectivity index (χ1) is 10.2. The molecule has 0 bridgehead atoms. The van der Waals surface area contributed by atoms with Crippen LogP contribution in [0.5, 0.6) is 0 Å². The normalized spacial score (nSPS) is 11.2. The summed E-state index contributed by atoms with van der Waals surface area (Å²) >= 11 is 1.68. The Morgan fingerprint density at radius 3 is 2.71 bits per heavy atom. The van der Waals surface area contributed by atoms with Gasteiger partial charge < -0.3 is 4.52 Å². The van der Waals surface area contributed by atoms with Crippen molar-refractivity contribution in [3.8, 4) is 11.3 Å². The van der Waals surface area contributed by atoms with Gasteiger partial charge in [-0.25, -0.2) is 4.98 Å². The molecule has 4 nitrogen and oxygen atoms in total. The maximum absolute atomic E-state index is 5.42. The van der Waals surface area contributed by atoms with Crippen LogP contribution in [-0.4, -0.2) is 22.1 Å². The number of thiazole rings is 1. The van der Waals surface area contributed by atoms with Crippen molar-refractivity contribution >= 4 is 11.3 Å². The standard InChI is InChI=1S/C16H17N3OS/c1-12-17-14(11-21-12)9-19(2)10-15-8-16(18-20-15)13-6-4-3-5-7-13/h3-8,11H,9-10H2,1-2H3. The summed E-state index contributed by atoms with van der Waals surface area (Å²) < 4.78 is 5.42. The molecule has 21 heavy (non-hydrogen) atoms. The molecule has 0 aliphatic heterocycles. The van der Waals surface area contributed by atoms with Crippen LogP contribution in [0.2, 0.25) is 0 Å². The molecule has 0 fully saturated rings. The van der Waals surface area contributed by atoms with Gasteiger partial charge in [0.05, 0.1) is 17.2 Å². The van der Waals surface area contributed by atoms with Crippen molar-refractivity contribution < 1.29 is 4.52 Å². The van der Waals surface area contributed by atoms with Crippen molar-refractivity contribution in [2.75, 3.05) is 7.05 Å². The van der Waals surface area contributed by atoms with E-state index in [2.05, 4.69) is 27.5 Å². The minimum Gasteiger partial charge on any atom is -0.359 e. The van der Waals surface area contributed by atoms with E-state index in [9.17, 15) is 0 Å². The predicted molar refractivity (Wildman–Crippen MR) is 84.0 cm³/mol. The molecule has 0 amide bonds. The first kappa shape index (κ1) is 14.0. The Morgan fingerprint density at radius 1 is 1.19 bits per heavy atom. The fourth-order valence-electron chi connectivity index (χ4n) is 2.21. The average molecular weight is 299 g/mol. The maximum Gasteiger partial charge on any atom is 0.151 e. The van der Waals surface area contributed by atoms with Gasteiger partial charge in [-0.15, -0.1) is 11.3 Å². The molecule has 0 aliphatic rings. The lowest BCUT2D eigenvalue weighted by Gasteiger charge is -2.12. The van der Waals surface area contributed by atoms with Crippen molar-refractivity contribution in [2.24, 2.45) is 0 Å². The van der Waals surface area contributed by atoms with Crippen LogP contribution in [-0.2, 0) is 13.1 Å². The Kier molecular flexibility index (Phi) is 4.13. The summed E-state index contributed by atoms with van der Waals surface area (Å²) in [4.78, 5) is 6.65. The third-order valence-corrected chi connectivity index (χ3v) is 3.98. The first-order valence-electron chi connectivity index (χ1n) is 6.81. The third-order valence-electron chi connectivity index (χ3n) is 3.15. The van der Waals surface area contributed by atoms with Gasteiger partial charge in [-0.3, -0.25) is 4.90 Å². The summed E-state index contributed by atoms with van der Waals surface area (Å²) in [6.07, 6.45) is 0. The molecule has 0 aliphatic carbocycles. The van der Waals surface area contributed by atoms with E-state index in [-0.39, 0.29) is 0 Å². The lowest BCUT2D eigenvalue weighted by molar-refractivity contribution is 0.265. The van der Waals surface area contributed by atoms with Crippen molar-refractivity contribution in [1.29, 1.82) is 0 Å². The van der Waals surface area contributed by atoms with Gasteiger partial charge in [-0.05, 0) is 14.0 Å². The highest BCUT2D eigenvalue weighted by Crippen LogP contribution is 2.19. The Labute approximate surface area is 128 Å². The summed E-state index contributed by atoms with van der Waals surface area (Å²) in [5.74, 6) is 0.864. The fraction of sp³-hybridized carbons (Fsp3) is 0.250. The van der Waals surface area contributed by atoms with E-state index in [0.29, 0.717) is 0 Å². The molecule has 0 atom stereocenters. The van der Waals surface area contributed by atoms with Gasteiger partial charge in [0.1, 0.15) is 5.69 Å². The van der Waals surface area contributed by atoms with Crippen LogP contribution in [0.4, 0.5) is 0 Å². The summed E-state index contributed by atoms with van der Waals surface area (Å²) in [5.41, 5.74) is 3.05. The van der Waals surface area contributed by atoms with Gasteiger partial charge in [0.25, 0.3) is 0 Å². The number of hydrogen-bond acceptors (Lipinski definition) is 5. The molecule has 5 heteroatoms. The number of aromatic nitrogens is 2. The summed E-state index contributed by atoms with van der Waals surface area (Å²) in [6.45, 7) is 3.55. The molecule has 0 radical (unpaired) electrons. The summed E-state index contributed by atoms with van der Waals surface area (Å²) in [7, 11) is 2.05. The Hall–Kier alpha value is -1.98. The Morgan fingerprint density at radius 2 is 2.00 bits per heavy atom. The topological polar surface area (TPSA) is 42.2 Å². The van der Waals surface area contributed by atoms with E-state index in [1.165, 1.54) is 0 Å². The molecule has 108 valence electrons. The maximum atomic E-state index is 5.42. The van der Waals surface area contributed by atoms with Gasteiger partial charge in [0.2, 0.25) is 0 Å². The second-order valence-electron chi connectivity index (χ2n) is 5.07. The van der Waals surface area contributed by atoms with Crippen molar-refractivity contribution in [1.82, 2.24) is 15.0 Å². The Bertz CT molecular complexity index is 705. The van der Waals surface area contributed by atoms with Crippen LogP contribution in [0.3, 0.4) is 0 Å². The summed E-state index contributed by atoms with van der Waals surface area (Å²) in [6, 6.07) is 12.1. The number of hydrogen-bond donors (Lipinski definition) is 0. The molecule has 0 spiro atoms. The monoisotopic (exact) mass is 299 g/mol. The van der Waals surface area contributed by atoms with E-state index in [1.54, 1.807) is 11.3 Å². The number of rotatable bonds is 5. The van der Waals surface area contributed by atoms with Crippen LogP contribution >= 0.6 is 11.3 Å². The van der Waals surface area contributed by atoms with Crippen LogP contribution in [0.15, 0.2) is 46.3 Å². The van der Waals surface area contributed by atoms with Crippen LogP contribution in [0, 0.1) is 6.92 Å². The van der Waals surface area contributed by atoms with Gasteiger partial charge in [-0.1, -0.05) is 35.5 Å². The molecular formula is C16H17N3OS. The van der Waals surface area contributed by atoms with E-state index < -0.39 is 0 Å². The largest absolute Gasteiger partial charge is 0.359 e. The predicted octanol–water partition coefficient (Wildman–Crippen LogP) is 3.74. The van der Waals surface area contributed by atoms with Crippen LogP contribution < -0.4 is 0 Å². The quantitative estimate of drug-likeness (QED) is 0.720. The van der Waals surface area contributed by atoms with Gasteiger partial charge in [-0.2, -0.15) is 0 Å². The average Bonchev–Trinajstić information content (AvgIpc) is 3.09. The smallest absolute Gasteiger partial charge is 0.151 e. The molecule has 1 aromatic carbocycles. The molecule has 0 N–H and O–H groups in total. The molecule has 3 rings (SSSR count). The minimum atomic E-state index is 0.719. The highest BCUT2D eigenvalue weighted by atomic mass is 32.1. The number of aryl methyl sites for hydroxylation is 1. The Balaban J connectivity index is 1.64. The zero-order valence-electron chi connectivity index (χ0n) is 12.1. The van der Waals surface area contributed by atoms with Crippen LogP contribution in [0.25, 0.3) is 11.3 Å². The highest BCUT2D eigenvalue weighted by Gasteiger charge is 2.10. The zero-order chi connectivity index (χ0) is 14.7. The minimum absolute atomic E-state index is 0.719. The second-order valence-corrected chi connectivity index (χ2v) is 6.14. The highest BCUT2D eigenvalue weighted by molar-refractivity contribution is 7.09. The number of nitrogens with zero attached hydrogens (tertiary/aromatic N) is 3. The number of benzene rings is 1. The molecule has 0 unspecified atom stereocenters. The zero-order valence-corrected chi connectivity index (χ0v) is 12.9. The molecule has 2 heterocycles. The fourth-order valence-corrected chi connectivity index (χ4v) is 2.82. The molecule has 3 aromatic rings. The van der Waals surface area contributed by atoms with E-state index in [1.807, 2.05) is 43.3 Å². The van der Waals surface area contributed by atoms with Gasteiger partial charge >= 0.3 is 0 Å². The van der Waals surface area contributed by atoms with Crippen molar-refractivity contribution in [3.63, 3.8) is 0 Å². The summed E-state index contributed by atoms with van der Waals surface area (Å²) in [5, 5.41) is 7.34. The van der Waals surface area contributed by atoms with Gasteiger partial charge in [0, 0.05) is 23.6 Å². The molecule has 0 saturated heterocycles. The first-order valence-corrected chi connectivity index (χ1v) is 7.69. The second kappa shape index (κ2) is 6.20. The lowest BCUT2D eigenvalue weighted by Crippen LogP contribution is -2.17. The molecule has 2 aromatic heterocycles. The lowest BCUT2D eigenvalue weighted by atomic mass is 10.1. The van der Waals surface area contributed by atoms with Crippen molar-refractivity contribution in [2.45, 2.75) is 20.0 Å². The van der Waals surface area contributed by atoms with Crippen LogP contribution in [0.1, 0.15) is 16.5 Å². The molecular weight excluding hydrogens is 282 g/mol. The van der Waals surface area contributed by atoms with E-state index in [4.69, 9.17) is 4.52 Å². The van der Waals surface area contributed by atoms with Gasteiger partial charge in [0.15, 0.2) is 5.76 Å². The third kappa shape index (κ3) is 3.56. The van der Waals surface area contributed by atoms with E-state index >= 15 is 0 Å². The van der Waals surface area contributed by atoms with Crippen molar-refractivity contribution in [3.05, 3.63) is 58.2 Å². The SMILES string of the molecule is Cc1nc(CN(C)Cc2cc(-c3ccccc3)no2)cs1.